The second kappa shape index (κ2) is 7.80. The van der Waals surface area contributed by atoms with Crippen LogP contribution in [0.3, 0.4) is 0 Å². The molecule has 0 aliphatic rings. The van der Waals surface area contributed by atoms with Gasteiger partial charge in [0, 0.05) is 18.6 Å². The van der Waals surface area contributed by atoms with Gasteiger partial charge in [0.1, 0.15) is 11.8 Å². The molecule has 0 spiro atoms. The summed E-state index contributed by atoms with van der Waals surface area (Å²) < 4.78 is 17.3. The van der Waals surface area contributed by atoms with E-state index in [1.807, 2.05) is 45.0 Å². The van der Waals surface area contributed by atoms with Crippen LogP contribution in [0.25, 0.3) is 11.0 Å². The fourth-order valence-corrected chi connectivity index (χ4v) is 2.54. The number of halogens is 1. The predicted molar refractivity (Wildman–Crippen MR) is 84.7 cm³/mol. The van der Waals surface area contributed by atoms with Gasteiger partial charge >= 0.3 is 0 Å². The molecule has 1 aromatic heterocycles. The zero-order valence-electron chi connectivity index (χ0n) is 12.7. The number of nitrogens with one attached hydrogen (secondary N) is 1. The molecule has 1 unspecified atom stereocenters. The van der Waals surface area contributed by atoms with Crippen molar-refractivity contribution in [3.05, 3.63) is 35.0 Å². The first kappa shape index (κ1) is 16.3. The van der Waals surface area contributed by atoms with E-state index in [2.05, 4.69) is 5.32 Å². The third kappa shape index (κ3) is 3.77. The molecule has 1 heterocycles. The molecule has 0 saturated heterocycles. The monoisotopic (exact) mass is 311 g/mol. The molecule has 2 aromatic rings. The molecule has 0 saturated carbocycles. The van der Waals surface area contributed by atoms with E-state index in [0.29, 0.717) is 23.8 Å². The highest BCUT2D eigenvalue weighted by Gasteiger charge is 2.27. The lowest BCUT2D eigenvalue weighted by atomic mass is 10.2. The maximum Gasteiger partial charge on any atom is 0.179 e. The summed E-state index contributed by atoms with van der Waals surface area (Å²) in [5.74, 6) is 0.770. The summed E-state index contributed by atoms with van der Waals surface area (Å²) >= 11 is 6.18. The number of fused-ring (bicyclic) bond motifs is 1. The predicted octanol–water partition coefficient (Wildman–Crippen LogP) is 4.14. The molecule has 0 aliphatic heterocycles. The molecule has 0 bridgehead atoms. The van der Waals surface area contributed by atoms with Gasteiger partial charge in [-0.05, 0) is 32.5 Å². The highest BCUT2D eigenvalue weighted by atomic mass is 35.5. The van der Waals surface area contributed by atoms with Crippen molar-refractivity contribution in [3.63, 3.8) is 0 Å². The van der Waals surface area contributed by atoms with E-state index in [0.717, 1.165) is 17.7 Å². The Kier molecular flexibility index (Phi) is 6.06. The van der Waals surface area contributed by atoms with Crippen LogP contribution >= 0.6 is 11.6 Å². The van der Waals surface area contributed by atoms with E-state index in [1.165, 1.54) is 0 Å². The molecule has 0 amide bonds. The topological polar surface area (TPSA) is 43.6 Å². The highest BCUT2D eigenvalue weighted by molar-refractivity contribution is 6.34. The fourth-order valence-electron chi connectivity index (χ4n) is 2.32. The Hall–Kier alpha value is -1.07. The van der Waals surface area contributed by atoms with Crippen molar-refractivity contribution >= 4 is 22.6 Å². The molecule has 0 radical (unpaired) electrons. The van der Waals surface area contributed by atoms with Crippen LogP contribution in [-0.2, 0) is 9.47 Å². The third-order valence-corrected chi connectivity index (χ3v) is 3.48. The highest BCUT2D eigenvalue weighted by Crippen LogP contribution is 2.31. The molecular formula is C16H22ClNO3. The molecule has 0 aliphatic carbocycles. The van der Waals surface area contributed by atoms with Crippen molar-refractivity contribution in [2.75, 3.05) is 19.8 Å². The van der Waals surface area contributed by atoms with Gasteiger partial charge in [0.15, 0.2) is 11.9 Å². The van der Waals surface area contributed by atoms with E-state index in [4.69, 9.17) is 25.5 Å². The third-order valence-electron chi connectivity index (χ3n) is 3.18. The average molecular weight is 312 g/mol. The average Bonchev–Trinajstić information content (AvgIpc) is 2.90. The van der Waals surface area contributed by atoms with Gasteiger partial charge in [-0.15, -0.1) is 0 Å². The molecule has 1 N–H and O–H groups in total. The minimum atomic E-state index is -0.390. The van der Waals surface area contributed by atoms with Crippen LogP contribution in [0.1, 0.15) is 32.6 Å². The van der Waals surface area contributed by atoms with Crippen LogP contribution in [0, 0.1) is 0 Å². The van der Waals surface area contributed by atoms with Gasteiger partial charge in [-0.25, -0.2) is 0 Å². The lowest BCUT2D eigenvalue weighted by Gasteiger charge is -2.25. The van der Waals surface area contributed by atoms with E-state index in [1.54, 1.807) is 0 Å². The Morgan fingerprint density at radius 2 is 1.90 bits per heavy atom. The first-order chi connectivity index (χ1) is 10.2. The molecule has 1 aromatic carbocycles. The summed E-state index contributed by atoms with van der Waals surface area (Å²) in [6.45, 7) is 7.87. The lowest BCUT2D eigenvalue weighted by molar-refractivity contribution is -0.157. The van der Waals surface area contributed by atoms with E-state index in [-0.39, 0.29) is 12.3 Å². The van der Waals surface area contributed by atoms with Crippen LogP contribution in [0.4, 0.5) is 0 Å². The van der Waals surface area contributed by atoms with Gasteiger partial charge < -0.3 is 19.2 Å². The van der Waals surface area contributed by atoms with Crippen molar-refractivity contribution in [3.8, 4) is 0 Å². The fraction of sp³-hybridized carbons (Fsp3) is 0.500. The normalized spacial score (nSPS) is 13.2. The Labute approximate surface area is 130 Å². The van der Waals surface area contributed by atoms with Gasteiger partial charge in [-0.1, -0.05) is 30.7 Å². The first-order valence-electron chi connectivity index (χ1n) is 7.35. The van der Waals surface area contributed by atoms with Crippen molar-refractivity contribution in [2.24, 2.45) is 0 Å². The Balaban J connectivity index is 2.36. The molecule has 1 atom stereocenters. The second-order valence-corrected chi connectivity index (χ2v) is 5.03. The summed E-state index contributed by atoms with van der Waals surface area (Å²) in [4.78, 5) is 0. The molecule has 21 heavy (non-hydrogen) atoms. The zero-order valence-corrected chi connectivity index (χ0v) is 13.4. The van der Waals surface area contributed by atoms with Crippen molar-refractivity contribution in [1.29, 1.82) is 0 Å². The Morgan fingerprint density at radius 3 is 2.48 bits per heavy atom. The van der Waals surface area contributed by atoms with Crippen LogP contribution < -0.4 is 5.32 Å². The van der Waals surface area contributed by atoms with Crippen molar-refractivity contribution in [1.82, 2.24) is 5.32 Å². The minimum Gasteiger partial charge on any atom is -0.458 e. The van der Waals surface area contributed by atoms with Crippen molar-refractivity contribution < 1.29 is 13.9 Å². The second-order valence-electron chi connectivity index (χ2n) is 4.62. The van der Waals surface area contributed by atoms with E-state index in [9.17, 15) is 0 Å². The summed E-state index contributed by atoms with van der Waals surface area (Å²) in [6.07, 6.45) is -0.390. The summed E-state index contributed by atoms with van der Waals surface area (Å²) in [6, 6.07) is 7.53. The van der Waals surface area contributed by atoms with Gasteiger partial charge in [0.25, 0.3) is 0 Å². The maximum absolute atomic E-state index is 6.18. The largest absolute Gasteiger partial charge is 0.458 e. The van der Waals surface area contributed by atoms with E-state index < -0.39 is 0 Å². The molecule has 2 rings (SSSR count). The lowest BCUT2D eigenvalue weighted by Crippen LogP contribution is -2.35. The number of hydrogen-bond acceptors (Lipinski definition) is 4. The Morgan fingerprint density at radius 1 is 1.19 bits per heavy atom. The standard InChI is InChI=1S/C16H22ClNO3/c1-4-18-14(16(19-5-2)20-6-3)13-10-11-8-7-9-12(17)15(11)21-13/h7-10,14,16,18H,4-6H2,1-3H3. The Bertz CT molecular complexity index is 564. The quantitative estimate of drug-likeness (QED) is 0.744. The number of hydrogen-bond donors (Lipinski definition) is 1. The number of rotatable bonds is 8. The van der Waals surface area contributed by atoms with Crippen molar-refractivity contribution in [2.45, 2.75) is 33.1 Å². The van der Waals surface area contributed by atoms with Gasteiger partial charge in [0.2, 0.25) is 0 Å². The molecule has 4 nitrogen and oxygen atoms in total. The van der Waals surface area contributed by atoms with Gasteiger partial charge in [0.05, 0.1) is 5.02 Å². The number of para-hydroxylation sites is 1. The van der Waals surface area contributed by atoms with E-state index >= 15 is 0 Å². The summed E-state index contributed by atoms with van der Waals surface area (Å²) in [5.41, 5.74) is 0.698. The number of likely N-dealkylation sites (N-methyl/N-ethyl adjacent to an activating group) is 1. The number of benzene rings is 1. The first-order valence-corrected chi connectivity index (χ1v) is 7.73. The van der Waals surface area contributed by atoms with Gasteiger partial charge in [-0.3, -0.25) is 0 Å². The smallest absolute Gasteiger partial charge is 0.179 e. The molecule has 5 heteroatoms. The van der Waals surface area contributed by atoms with Crippen LogP contribution in [0.2, 0.25) is 5.02 Å². The molecule has 0 fully saturated rings. The summed E-state index contributed by atoms with van der Waals surface area (Å²) in [5, 5.41) is 4.95. The summed E-state index contributed by atoms with van der Waals surface area (Å²) in [7, 11) is 0. The van der Waals surface area contributed by atoms with Crippen LogP contribution in [0.15, 0.2) is 28.7 Å². The minimum absolute atomic E-state index is 0.168. The number of ether oxygens (including phenoxy) is 2. The SMILES string of the molecule is CCNC(c1cc2cccc(Cl)c2o1)C(OCC)OCC. The van der Waals surface area contributed by atoms with Crippen LogP contribution in [0.5, 0.6) is 0 Å². The zero-order chi connectivity index (χ0) is 15.2. The molecule has 116 valence electrons. The number of furan rings is 1. The van der Waals surface area contributed by atoms with Crippen LogP contribution in [-0.4, -0.2) is 26.0 Å². The van der Waals surface area contributed by atoms with Gasteiger partial charge in [-0.2, -0.15) is 0 Å². The maximum atomic E-state index is 6.18. The molecular weight excluding hydrogens is 290 g/mol.